The van der Waals surface area contributed by atoms with Crippen LogP contribution in [0, 0.1) is 6.92 Å². The van der Waals surface area contributed by atoms with Crippen molar-refractivity contribution in [2.75, 3.05) is 32.8 Å². The number of rotatable bonds is 7. The van der Waals surface area contributed by atoms with Crippen LogP contribution in [0.2, 0.25) is 0 Å². The van der Waals surface area contributed by atoms with E-state index in [9.17, 15) is 19.5 Å². The average molecular weight is 578 g/mol. The number of hydrogen-bond donors (Lipinski definition) is 1. The number of aromatic carboxylic acids is 1. The molecule has 1 amide bonds. The van der Waals surface area contributed by atoms with E-state index in [4.69, 9.17) is 14.2 Å². The fourth-order valence-corrected chi connectivity index (χ4v) is 5.69. The van der Waals surface area contributed by atoms with Crippen molar-refractivity contribution >= 4 is 23.0 Å². The molecule has 0 bridgehead atoms. The lowest BCUT2D eigenvalue weighted by Crippen LogP contribution is -2.49. The van der Waals surface area contributed by atoms with Gasteiger partial charge in [0.1, 0.15) is 18.8 Å². The Bertz CT molecular complexity index is 1530. The Kier molecular flexibility index (Phi) is 8.45. The molecule has 2 aliphatic heterocycles. The molecule has 2 aliphatic rings. The molecule has 0 aliphatic carbocycles. The predicted molar refractivity (Wildman–Crippen MR) is 159 cm³/mol. The van der Waals surface area contributed by atoms with Crippen molar-refractivity contribution in [3.63, 3.8) is 0 Å². The molecule has 1 N–H and O–H groups in total. The molecule has 224 valence electrons. The average Bonchev–Trinajstić information content (AvgIpc) is 2.94. The van der Waals surface area contributed by atoms with Gasteiger partial charge in [-0.1, -0.05) is 6.07 Å². The first-order valence-corrected chi connectivity index (χ1v) is 14.5. The summed E-state index contributed by atoms with van der Waals surface area (Å²) in [5.41, 5.74) is 1.78. The summed E-state index contributed by atoms with van der Waals surface area (Å²) in [6.07, 6.45) is 1.18. The molecule has 1 fully saturated rings. The van der Waals surface area contributed by atoms with Crippen molar-refractivity contribution in [1.29, 1.82) is 0 Å². The maximum absolute atomic E-state index is 13.4. The monoisotopic (exact) mass is 577 g/mol. The van der Waals surface area contributed by atoms with Gasteiger partial charge in [-0.25, -0.2) is 9.59 Å². The van der Waals surface area contributed by atoms with Crippen LogP contribution in [-0.2, 0) is 17.8 Å². The summed E-state index contributed by atoms with van der Waals surface area (Å²) in [4.78, 5) is 42.1. The van der Waals surface area contributed by atoms with Gasteiger partial charge >= 0.3 is 12.1 Å². The second-order valence-corrected chi connectivity index (χ2v) is 12.0. The summed E-state index contributed by atoms with van der Waals surface area (Å²) in [7, 11) is 0. The second kappa shape index (κ2) is 12.1. The number of carboxylic acid groups (broad SMARTS) is 1. The van der Waals surface area contributed by atoms with Crippen LogP contribution >= 0.6 is 0 Å². The Morgan fingerprint density at radius 1 is 1.00 bits per heavy atom. The minimum absolute atomic E-state index is 0.00893. The van der Waals surface area contributed by atoms with Crippen LogP contribution < -0.4 is 15.0 Å². The zero-order chi connectivity index (χ0) is 30.0. The number of carboxylic acids is 1. The van der Waals surface area contributed by atoms with E-state index in [1.807, 2.05) is 56.9 Å². The molecule has 1 aromatic heterocycles. The molecule has 5 rings (SSSR count). The summed E-state index contributed by atoms with van der Waals surface area (Å²) in [5, 5.41) is 10.2. The van der Waals surface area contributed by atoms with E-state index in [1.54, 1.807) is 16.7 Å². The molecule has 2 aromatic carbocycles. The SMILES string of the molecule is Cc1cc(C(=O)O)c2ccc(=O)n(CCN3CCC(N(Cc4ccc5c(c4)OCCO5)C(=O)OC(C)(C)C)CC3)c2c1. The largest absolute Gasteiger partial charge is 0.486 e. The summed E-state index contributed by atoms with van der Waals surface area (Å²) < 4.78 is 18.9. The lowest BCUT2D eigenvalue weighted by molar-refractivity contribution is 0.00561. The number of benzene rings is 2. The van der Waals surface area contributed by atoms with E-state index in [-0.39, 0.29) is 23.3 Å². The second-order valence-electron chi connectivity index (χ2n) is 12.0. The third-order valence-electron chi connectivity index (χ3n) is 7.71. The molecular weight excluding hydrogens is 538 g/mol. The van der Waals surface area contributed by atoms with Crippen LogP contribution in [0.4, 0.5) is 4.79 Å². The Morgan fingerprint density at radius 3 is 2.40 bits per heavy atom. The first-order chi connectivity index (χ1) is 20.0. The van der Waals surface area contributed by atoms with Crippen molar-refractivity contribution in [2.45, 2.75) is 65.3 Å². The van der Waals surface area contributed by atoms with E-state index in [2.05, 4.69) is 4.90 Å². The fraction of sp³-hybridized carbons (Fsp3) is 0.469. The van der Waals surface area contributed by atoms with Gasteiger partial charge in [-0.2, -0.15) is 0 Å². The van der Waals surface area contributed by atoms with E-state index in [0.29, 0.717) is 55.2 Å². The summed E-state index contributed by atoms with van der Waals surface area (Å²) in [5.74, 6) is 0.385. The van der Waals surface area contributed by atoms with E-state index < -0.39 is 11.6 Å². The van der Waals surface area contributed by atoms with Gasteiger partial charge in [-0.15, -0.1) is 0 Å². The van der Waals surface area contributed by atoms with Crippen molar-refractivity contribution in [2.24, 2.45) is 0 Å². The van der Waals surface area contributed by atoms with Crippen LogP contribution in [0.15, 0.2) is 47.3 Å². The van der Waals surface area contributed by atoms with E-state index in [0.717, 1.165) is 37.1 Å². The molecule has 3 heterocycles. The quantitative estimate of drug-likeness (QED) is 0.431. The molecule has 42 heavy (non-hydrogen) atoms. The van der Waals surface area contributed by atoms with Crippen molar-refractivity contribution in [3.8, 4) is 11.5 Å². The number of nitrogens with zero attached hydrogens (tertiary/aromatic N) is 3. The number of aryl methyl sites for hydroxylation is 1. The zero-order valence-corrected chi connectivity index (χ0v) is 24.7. The normalized spacial score (nSPS) is 15.9. The number of piperidine rings is 1. The van der Waals surface area contributed by atoms with E-state index in [1.165, 1.54) is 6.07 Å². The first-order valence-electron chi connectivity index (χ1n) is 14.5. The molecule has 0 unspecified atom stereocenters. The van der Waals surface area contributed by atoms with Gasteiger partial charge in [-0.05, 0) is 82.0 Å². The zero-order valence-electron chi connectivity index (χ0n) is 24.7. The Labute approximate surface area is 245 Å². The Balaban J connectivity index is 1.28. The number of likely N-dealkylation sites (tertiary alicyclic amines) is 1. The number of hydrogen-bond acceptors (Lipinski definition) is 7. The number of pyridine rings is 1. The highest BCUT2D eigenvalue weighted by atomic mass is 16.6. The lowest BCUT2D eigenvalue weighted by Gasteiger charge is -2.39. The molecular formula is C32H39N3O7. The van der Waals surface area contributed by atoms with Gasteiger partial charge in [0.15, 0.2) is 11.5 Å². The molecule has 0 saturated carbocycles. The predicted octanol–water partition coefficient (Wildman–Crippen LogP) is 4.68. The van der Waals surface area contributed by atoms with Crippen LogP contribution in [-0.4, -0.2) is 76.0 Å². The third kappa shape index (κ3) is 6.70. The van der Waals surface area contributed by atoms with Gasteiger partial charge in [0.2, 0.25) is 0 Å². The number of carbonyl (C=O) groups excluding carboxylic acids is 1. The maximum atomic E-state index is 13.4. The summed E-state index contributed by atoms with van der Waals surface area (Å²) in [6, 6.07) is 12.3. The topological polar surface area (TPSA) is 111 Å². The smallest absolute Gasteiger partial charge is 0.410 e. The number of carbonyl (C=O) groups is 2. The maximum Gasteiger partial charge on any atom is 0.410 e. The van der Waals surface area contributed by atoms with E-state index >= 15 is 0 Å². The van der Waals surface area contributed by atoms with Crippen LogP contribution in [0.3, 0.4) is 0 Å². The van der Waals surface area contributed by atoms with Crippen molar-refractivity contribution in [3.05, 3.63) is 69.5 Å². The molecule has 0 atom stereocenters. The van der Waals surface area contributed by atoms with Gasteiger partial charge in [0.05, 0.1) is 11.1 Å². The van der Waals surface area contributed by atoms with Crippen molar-refractivity contribution < 1.29 is 28.9 Å². The van der Waals surface area contributed by atoms with Gasteiger partial charge in [0, 0.05) is 50.2 Å². The molecule has 10 heteroatoms. The minimum atomic E-state index is -1.01. The highest BCUT2D eigenvalue weighted by Gasteiger charge is 2.31. The lowest BCUT2D eigenvalue weighted by atomic mass is 10.0. The van der Waals surface area contributed by atoms with Crippen molar-refractivity contribution in [1.82, 2.24) is 14.4 Å². The standard InChI is InChI=1S/C32H39N3O7/c1-21-17-25(30(37)38)24-6-8-29(36)34(26(24)18-21)14-13-33-11-9-23(10-12-33)35(31(39)42-32(2,3)4)20-22-5-7-27-28(19-22)41-16-15-40-27/h5-8,17-19,23H,9-16,20H2,1-4H3,(H,37,38). The number of ether oxygens (including phenoxy) is 3. The minimum Gasteiger partial charge on any atom is -0.486 e. The summed E-state index contributed by atoms with van der Waals surface area (Å²) >= 11 is 0. The highest BCUT2D eigenvalue weighted by Crippen LogP contribution is 2.32. The van der Waals surface area contributed by atoms with Crippen LogP contribution in [0.5, 0.6) is 11.5 Å². The molecule has 3 aromatic rings. The molecule has 0 radical (unpaired) electrons. The summed E-state index contributed by atoms with van der Waals surface area (Å²) in [6.45, 7) is 11.4. The number of fused-ring (bicyclic) bond motifs is 2. The van der Waals surface area contributed by atoms with Gasteiger partial charge in [-0.3, -0.25) is 4.79 Å². The third-order valence-corrected chi connectivity index (χ3v) is 7.71. The van der Waals surface area contributed by atoms with Crippen LogP contribution in [0.25, 0.3) is 10.9 Å². The molecule has 10 nitrogen and oxygen atoms in total. The number of amides is 1. The highest BCUT2D eigenvalue weighted by molar-refractivity contribution is 6.03. The van der Waals surface area contributed by atoms with Crippen LogP contribution in [0.1, 0.15) is 55.1 Å². The Hall–Kier alpha value is -4.05. The molecule has 1 saturated heterocycles. The molecule has 0 spiro atoms. The van der Waals surface area contributed by atoms with Gasteiger partial charge < -0.3 is 33.7 Å². The number of aromatic nitrogens is 1. The van der Waals surface area contributed by atoms with Gasteiger partial charge in [0.25, 0.3) is 5.56 Å². The Morgan fingerprint density at radius 2 is 1.71 bits per heavy atom. The fourth-order valence-electron chi connectivity index (χ4n) is 5.69. The first kappa shape index (κ1) is 29.4.